The summed E-state index contributed by atoms with van der Waals surface area (Å²) in [4.78, 5) is 39.5. The van der Waals surface area contributed by atoms with Crippen molar-refractivity contribution in [2.75, 3.05) is 29.1 Å². The topological polar surface area (TPSA) is 90.5 Å². The van der Waals surface area contributed by atoms with Gasteiger partial charge in [-0.1, -0.05) is 60.7 Å². The van der Waals surface area contributed by atoms with Gasteiger partial charge in [0.05, 0.1) is 6.54 Å². The number of amides is 3. The highest BCUT2D eigenvalue weighted by Gasteiger charge is 2.14. The molecule has 0 radical (unpaired) electrons. The minimum atomic E-state index is -0.278. The quantitative estimate of drug-likeness (QED) is 0.309. The van der Waals surface area contributed by atoms with Crippen LogP contribution in [0.3, 0.4) is 0 Å². The number of hydrogen-bond donors (Lipinski definition) is 3. The van der Waals surface area contributed by atoms with Crippen LogP contribution in [-0.4, -0.2) is 31.3 Å². The highest BCUT2D eigenvalue weighted by molar-refractivity contribution is 6.06. The fourth-order valence-electron chi connectivity index (χ4n) is 3.73. The molecule has 0 spiro atoms. The van der Waals surface area contributed by atoms with Gasteiger partial charge in [0.2, 0.25) is 5.91 Å². The molecule has 0 aliphatic carbocycles. The normalized spacial score (nSPS) is 10.3. The third kappa shape index (κ3) is 7.05. The highest BCUT2D eigenvalue weighted by Crippen LogP contribution is 2.18. The van der Waals surface area contributed by atoms with E-state index in [0.717, 1.165) is 11.3 Å². The van der Waals surface area contributed by atoms with Gasteiger partial charge in [-0.3, -0.25) is 14.4 Å². The van der Waals surface area contributed by atoms with Crippen molar-refractivity contribution in [3.05, 3.63) is 126 Å². The van der Waals surface area contributed by atoms with E-state index in [0.29, 0.717) is 29.0 Å². The smallest absolute Gasteiger partial charge is 0.258 e. The summed E-state index contributed by atoms with van der Waals surface area (Å²) in [5.74, 6) is -0.651. The van der Waals surface area contributed by atoms with E-state index in [1.54, 1.807) is 60.5 Å². The minimum Gasteiger partial charge on any atom is -0.376 e. The van der Waals surface area contributed by atoms with Gasteiger partial charge in [-0.05, 0) is 54.1 Å². The maximum Gasteiger partial charge on any atom is 0.258 e. The van der Waals surface area contributed by atoms with Crippen LogP contribution in [0.1, 0.15) is 26.3 Å². The Balaban J connectivity index is 1.31. The van der Waals surface area contributed by atoms with Crippen LogP contribution in [-0.2, 0) is 11.3 Å². The molecule has 4 rings (SSSR count). The molecule has 0 aliphatic heterocycles. The van der Waals surface area contributed by atoms with Crippen molar-refractivity contribution in [2.24, 2.45) is 0 Å². The van der Waals surface area contributed by atoms with Crippen molar-refractivity contribution >= 4 is 34.8 Å². The van der Waals surface area contributed by atoms with Gasteiger partial charge in [0.25, 0.3) is 11.8 Å². The SMILES string of the molecule is CN(C(=O)c1cccc(NC(=O)CNc2cccc(C(=O)NCc3ccccc3)c2)c1)c1ccccc1. The molecular formula is C30H28N4O3. The fourth-order valence-corrected chi connectivity index (χ4v) is 3.73. The zero-order valence-corrected chi connectivity index (χ0v) is 20.5. The predicted octanol–water partition coefficient (Wildman–Crippen LogP) is 4.94. The lowest BCUT2D eigenvalue weighted by Gasteiger charge is -2.17. The molecule has 3 amide bonds. The van der Waals surface area contributed by atoms with Crippen molar-refractivity contribution in [1.82, 2.24) is 5.32 Å². The van der Waals surface area contributed by atoms with Gasteiger partial charge in [-0.2, -0.15) is 0 Å². The summed E-state index contributed by atoms with van der Waals surface area (Å²) in [6.45, 7) is 0.430. The highest BCUT2D eigenvalue weighted by atomic mass is 16.2. The van der Waals surface area contributed by atoms with E-state index >= 15 is 0 Å². The summed E-state index contributed by atoms with van der Waals surface area (Å²) >= 11 is 0. The van der Waals surface area contributed by atoms with Crippen LogP contribution in [0.2, 0.25) is 0 Å². The molecule has 0 heterocycles. The summed E-state index contributed by atoms with van der Waals surface area (Å²) in [7, 11) is 1.71. The molecule has 0 fully saturated rings. The van der Waals surface area contributed by atoms with Crippen molar-refractivity contribution < 1.29 is 14.4 Å². The van der Waals surface area contributed by atoms with E-state index in [-0.39, 0.29) is 24.3 Å². The molecule has 7 nitrogen and oxygen atoms in total. The van der Waals surface area contributed by atoms with E-state index in [4.69, 9.17) is 0 Å². The zero-order valence-electron chi connectivity index (χ0n) is 20.5. The minimum absolute atomic E-state index is 0.00280. The van der Waals surface area contributed by atoms with Crippen molar-refractivity contribution in [2.45, 2.75) is 6.54 Å². The molecule has 4 aromatic carbocycles. The average molecular weight is 493 g/mol. The molecule has 4 aromatic rings. The van der Waals surface area contributed by atoms with Gasteiger partial charge in [0.15, 0.2) is 0 Å². The first-order valence-electron chi connectivity index (χ1n) is 11.9. The van der Waals surface area contributed by atoms with Crippen molar-refractivity contribution in [3.63, 3.8) is 0 Å². The lowest BCUT2D eigenvalue weighted by molar-refractivity contribution is -0.114. The first-order valence-corrected chi connectivity index (χ1v) is 11.9. The molecule has 37 heavy (non-hydrogen) atoms. The summed E-state index contributed by atoms with van der Waals surface area (Å²) in [5, 5.41) is 8.75. The molecule has 3 N–H and O–H groups in total. The Bertz CT molecular complexity index is 1370. The summed E-state index contributed by atoms with van der Waals surface area (Å²) in [6.07, 6.45) is 0. The Morgan fingerprint density at radius 2 is 1.32 bits per heavy atom. The van der Waals surface area contributed by atoms with E-state index < -0.39 is 0 Å². The standard InChI is InChI=1S/C30H28N4O3/c1-34(27-16-6-3-7-17-27)30(37)24-13-9-15-26(19-24)33-28(35)21-31-25-14-8-12-23(18-25)29(36)32-20-22-10-4-2-5-11-22/h2-19,31H,20-21H2,1H3,(H,32,36)(H,33,35). The Morgan fingerprint density at radius 1 is 0.703 bits per heavy atom. The first-order chi connectivity index (χ1) is 18.0. The summed E-state index contributed by atoms with van der Waals surface area (Å²) < 4.78 is 0. The number of hydrogen-bond acceptors (Lipinski definition) is 4. The molecule has 0 unspecified atom stereocenters. The Hall–Kier alpha value is -4.91. The number of carbonyl (C=O) groups excluding carboxylic acids is 3. The number of benzene rings is 4. The van der Waals surface area contributed by atoms with Gasteiger partial charge in [0, 0.05) is 41.8 Å². The molecule has 0 bridgehead atoms. The summed E-state index contributed by atoms with van der Waals surface area (Å²) in [5.41, 5.74) is 3.92. The Labute approximate surface area is 216 Å². The number of para-hydroxylation sites is 1. The van der Waals surface area contributed by atoms with Gasteiger partial charge in [0.1, 0.15) is 0 Å². The summed E-state index contributed by atoms with van der Waals surface area (Å²) in [6, 6.07) is 32.8. The second-order valence-electron chi connectivity index (χ2n) is 8.43. The number of anilines is 3. The molecule has 0 atom stereocenters. The second-order valence-corrected chi connectivity index (χ2v) is 8.43. The van der Waals surface area contributed by atoms with Crippen LogP contribution >= 0.6 is 0 Å². The van der Waals surface area contributed by atoms with E-state index in [9.17, 15) is 14.4 Å². The number of rotatable bonds is 9. The largest absolute Gasteiger partial charge is 0.376 e. The molecule has 0 aromatic heterocycles. The van der Waals surface area contributed by atoms with Gasteiger partial charge in [-0.25, -0.2) is 0 Å². The lowest BCUT2D eigenvalue weighted by Crippen LogP contribution is -2.26. The molecule has 7 heteroatoms. The van der Waals surface area contributed by atoms with Crippen LogP contribution in [0.5, 0.6) is 0 Å². The molecule has 0 aliphatic rings. The third-order valence-electron chi connectivity index (χ3n) is 5.72. The lowest BCUT2D eigenvalue weighted by atomic mass is 10.1. The molecular weight excluding hydrogens is 464 g/mol. The van der Waals surface area contributed by atoms with Gasteiger partial charge < -0.3 is 20.9 Å². The van der Waals surface area contributed by atoms with Gasteiger partial charge >= 0.3 is 0 Å². The maximum atomic E-state index is 12.9. The number of carbonyl (C=O) groups is 3. The Kier molecular flexibility index (Phi) is 8.29. The van der Waals surface area contributed by atoms with E-state index in [2.05, 4.69) is 16.0 Å². The van der Waals surface area contributed by atoms with E-state index in [1.807, 2.05) is 60.7 Å². The van der Waals surface area contributed by atoms with Crippen molar-refractivity contribution in [3.8, 4) is 0 Å². The second kappa shape index (κ2) is 12.2. The van der Waals surface area contributed by atoms with Crippen LogP contribution < -0.4 is 20.9 Å². The van der Waals surface area contributed by atoms with Crippen LogP contribution in [0.15, 0.2) is 109 Å². The third-order valence-corrected chi connectivity index (χ3v) is 5.72. The predicted molar refractivity (Wildman–Crippen MR) is 147 cm³/mol. The zero-order chi connectivity index (χ0) is 26.0. The number of nitrogens with zero attached hydrogens (tertiary/aromatic N) is 1. The van der Waals surface area contributed by atoms with Crippen LogP contribution in [0.25, 0.3) is 0 Å². The maximum absolute atomic E-state index is 12.9. The van der Waals surface area contributed by atoms with Crippen LogP contribution in [0, 0.1) is 0 Å². The van der Waals surface area contributed by atoms with E-state index in [1.165, 1.54) is 0 Å². The Morgan fingerprint density at radius 3 is 2.05 bits per heavy atom. The van der Waals surface area contributed by atoms with Gasteiger partial charge in [-0.15, -0.1) is 0 Å². The average Bonchev–Trinajstić information content (AvgIpc) is 2.95. The van der Waals surface area contributed by atoms with Crippen LogP contribution in [0.4, 0.5) is 17.1 Å². The molecule has 186 valence electrons. The fraction of sp³-hybridized carbons (Fsp3) is 0.100. The monoisotopic (exact) mass is 492 g/mol. The number of nitrogens with one attached hydrogen (secondary N) is 3. The van der Waals surface area contributed by atoms with Crippen molar-refractivity contribution in [1.29, 1.82) is 0 Å². The molecule has 0 saturated carbocycles. The first kappa shape index (κ1) is 25.2. The molecule has 0 saturated heterocycles.